The second kappa shape index (κ2) is 7.30. The van der Waals surface area contributed by atoms with E-state index in [1.165, 1.54) is 30.0 Å². The highest BCUT2D eigenvalue weighted by molar-refractivity contribution is 7.15. The van der Waals surface area contributed by atoms with Crippen LogP contribution in [-0.4, -0.2) is 28.7 Å². The standard InChI is InChI=1S/C21H15N3O4S/c1-27-16-7-13(8-17(28-2)19(16)25)9-18-20(26)24-11-15(23-21(24)29-18)14-5-3-4-12(6-14)10-22/h3-9,11,25H,1-2H3/b18-9-. The summed E-state index contributed by atoms with van der Waals surface area (Å²) in [6.07, 6.45) is 3.36. The lowest BCUT2D eigenvalue weighted by molar-refractivity contribution is 0.340. The number of rotatable bonds is 4. The molecule has 0 fully saturated rings. The number of hydrogen-bond acceptors (Lipinski definition) is 7. The molecule has 0 amide bonds. The van der Waals surface area contributed by atoms with E-state index in [1.54, 1.807) is 42.6 Å². The Morgan fingerprint density at radius 1 is 1.21 bits per heavy atom. The molecule has 8 heteroatoms. The Morgan fingerprint density at radius 2 is 1.93 bits per heavy atom. The number of aromatic hydroxyl groups is 1. The Kier molecular flexibility index (Phi) is 4.66. The number of fused-ring (bicyclic) bond motifs is 1. The number of benzene rings is 2. The number of thiazole rings is 1. The van der Waals surface area contributed by atoms with Crippen molar-refractivity contribution in [3.63, 3.8) is 0 Å². The molecule has 0 aliphatic heterocycles. The minimum absolute atomic E-state index is 0.0975. The molecular formula is C21H15N3O4S. The maximum absolute atomic E-state index is 12.8. The van der Waals surface area contributed by atoms with Crippen molar-refractivity contribution in [1.29, 1.82) is 5.26 Å². The normalized spacial score (nSPS) is 11.6. The Bertz CT molecular complexity index is 1360. The van der Waals surface area contributed by atoms with Crippen LogP contribution in [0.5, 0.6) is 17.2 Å². The van der Waals surface area contributed by atoms with Gasteiger partial charge in [-0.25, -0.2) is 4.98 Å². The summed E-state index contributed by atoms with van der Waals surface area (Å²) in [5.74, 6) is 0.410. The summed E-state index contributed by atoms with van der Waals surface area (Å²) in [5.41, 5.74) is 2.39. The van der Waals surface area contributed by atoms with Gasteiger partial charge in [-0.2, -0.15) is 5.26 Å². The molecule has 2 heterocycles. The van der Waals surface area contributed by atoms with Gasteiger partial charge in [-0.3, -0.25) is 9.20 Å². The maximum atomic E-state index is 12.8. The summed E-state index contributed by atoms with van der Waals surface area (Å²) in [7, 11) is 2.89. The summed E-state index contributed by atoms with van der Waals surface area (Å²) >= 11 is 1.25. The molecule has 0 radical (unpaired) electrons. The second-order valence-corrected chi connectivity index (χ2v) is 7.17. The predicted octanol–water partition coefficient (Wildman–Crippen LogP) is 2.57. The van der Waals surface area contributed by atoms with Gasteiger partial charge in [-0.15, -0.1) is 0 Å². The van der Waals surface area contributed by atoms with Gasteiger partial charge in [-0.1, -0.05) is 23.5 Å². The quantitative estimate of drug-likeness (QED) is 0.561. The third-order valence-corrected chi connectivity index (χ3v) is 5.37. The van der Waals surface area contributed by atoms with Crippen LogP contribution < -0.4 is 19.6 Å². The second-order valence-electron chi connectivity index (χ2n) is 6.16. The van der Waals surface area contributed by atoms with Gasteiger partial charge in [0.15, 0.2) is 16.5 Å². The lowest BCUT2D eigenvalue weighted by Gasteiger charge is -2.09. The molecule has 4 rings (SSSR count). The van der Waals surface area contributed by atoms with Gasteiger partial charge < -0.3 is 14.6 Å². The van der Waals surface area contributed by atoms with Crippen LogP contribution in [0.4, 0.5) is 0 Å². The van der Waals surface area contributed by atoms with Crippen LogP contribution in [0.1, 0.15) is 11.1 Å². The summed E-state index contributed by atoms with van der Waals surface area (Å²) in [6.45, 7) is 0. The number of hydrogen-bond donors (Lipinski definition) is 1. The van der Waals surface area contributed by atoms with E-state index in [4.69, 9.17) is 14.7 Å². The number of methoxy groups -OCH3 is 2. The highest BCUT2D eigenvalue weighted by atomic mass is 32.1. The van der Waals surface area contributed by atoms with E-state index in [2.05, 4.69) is 11.1 Å². The zero-order chi connectivity index (χ0) is 20.5. The van der Waals surface area contributed by atoms with Crippen molar-refractivity contribution in [2.75, 3.05) is 14.2 Å². The zero-order valence-corrected chi connectivity index (χ0v) is 16.4. The smallest absolute Gasteiger partial charge is 0.274 e. The van der Waals surface area contributed by atoms with Crippen molar-refractivity contribution in [2.45, 2.75) is 0 Å². The highest BCUT2D eigenvalue weighted by Gasteiger charge is 2.13. The average molecular weight is 405 g/mol. The van der Waals surface area contributed by atoms with Crippen molar-refractivity contribution in [3.05, 3.63) is 68.6 Å². The molecule has 0 unspecified atom stereocenters. The molecule has 7 nitrogen and oxygen atoms in total. The summed E-state index contributed by atoms with van der Waals surface area (Å²) < 4.78 is 12.3. The fourth-order valence-corrected chi connectivity index (χ4v) is 3.92. The number of ether oxygens (including phenoxy) is 2. The molecule has 0 atom stereocenters. The van der Waals surface area contributed by atoms with Gasteiger partial charge in [0.05, 0.1) is 36.1 Å². The topological polar surface area (TPSA) is 96.8 Å². The number of aromatic nitrogens is 2. The summed E-state index contributed by atoms with van der Waals surface area (Å²) in [4.78, 5) is 17.9. The van der Waals surface area contributed by atoms with E-state index in [0.29, 0.717) is 26.3 Å². The first kappa shape index (κ1) is 18.5. The fourth-order valence-electron chi connectivity index (χ4n) is 2.97. The van der Waals surface area contributed by atoms with Crippen LogP contribution >= 0.6 is 11.3 Å². The van der Waals surface area contributed by atoms with Crippen LogP contribution in [0, 0.1) is 11.3 Å². The van der Waals surface area contributed by atoms with Crippen molar-refractivity contribution < 1.29 is 14.6 Å². The van der Waals surface area contributed by atoms with Gasteiger partial charge >= 0.3 is 0 Å². The molecule has 2 aromatic heterocycles. The molecule has 0 saturated heterocycles. The molecular weight excluding hydrogens is 390 g/mol. The third kappa shape index (κ3) is 3.28. The van der Waals surface area contributed by atoms with Gasteiger partial charge in [0.2, 0.25) is 5.75 Å². The van der Waals surface area contributed by atoms with Crippen molar-refractivity contribution in [3.8, 4) is 34.6 Å². The molecule has 0 aliphatic carbocycles. The zero-order valence-electron chi connectivity index (χ0n) is 15.5. The van der Waals surface area contributed by atoms with Crippen molar-refractivity contribution in [1.82, 2.24) is 9.38 Å². The van der Waals surface area contributed by atoms with E-state index in [1.807, 2.05) is 6.07 Å². The largest absolute Gasteiger partial charge is 0.502 e. The monoisotopic (exact) mass is 405 g/mol. The summed E-state index contributed by atoms with van der Waals surface area (Å²) in [6, 6.07) is 12.4. The maximum Gasteiger partial charge on any atom is 0.274 e. The van der Waals surface area contributed by atoms with Gasteiger partial charge in [0.25, 0.3) is 5.56 Å². The lowest BCUT2D eigenvalue weighted by atomic mass is 10.1. The molecule has 0 bridgehead atoms. The number of imidazole rings is 1. The van der Waals surface area contributed by atoms with E-state index in [0.717, 1.165) is 5.56 Å². The van der Waals surface area contributed by atoms with Gasteiger partial charge in [0, 0.05) is 11.8 Å². The average Bonchev–Trinajstić information content (AvgIpc) is 3.28. The van der Waals surface area contributed by atoms with Crippen LogP contribution in [-0.2, 0) is 0 Å². The van der Waals surface area contributed by atoms with E-state index in [9.17, 15) is 9.90 Å². The Balaban J connectivity index is 1.81. The lowest BCUT2D eigenvalue weighted by Crippen LogP contribution is -2.22. The fraction of sp³-hybridized carbons (Fsp3) is 0.0952. The molecule has 2 aromatic carbocycles. The van der Waals surface area contributed by atoms with Crippen LogP contribution in [0.2, 0.25) is 0 Å². The van der Waals surface area contributed by atoms with Gasteiger partial charge in [0.1, 0.15) is 0 Å². The SMILES string of the molecule is COc1cc(/C=c2\sc3nc(-c4cccc(C#N)c4)cn3c2=O)cc(OC)c1O. The number of phenolic OH excluding ortho intramolecular Hbond substituents is 1. The summed E-state index contributed by atoms with van der Waals surface area (Å²) in [5, 5.41) is 19.1. The van der Waals surface area contributed by atoms with Crippen LogP contribution in [0.25, 0.3) is 22.3 Å². The van der Waals surface area contributed by atoms with E-state index < -0.39 is 0 Å². The van der Waals surface area contributed by atoms with E-state index in [-0.39, 0.29) is 22.8 Å². The van der Waals surface area contributed by atoms with Crippen molar-refractivity contribution >= 4 is 22.4 Å². The minimum atomic E-state index is -0.203. The first-order valence-electron chi connectivity index (χ1n) is 8.53. The van der Waals surface area contributed by atoms with E-state index >= 15 is 0 Å². The molecule has 4 aromatic rings. The van der Waals surface area contributed by atoms with Crippen LogP contribution in [0.3, 0.4) is 0 Å². The van der Waals surface area contributed by atoms with Crippen molar-refractivity contribution in [2.24, 2.45) is 0 Å². The Hall–Kier alpha value is -3.83. The predicted molar refractivity (Wildman–Crippen MR) is 109 cm³/mol. The Morgan fingerprint density at radius 3 is 2.55 bits per heavy atom. The third-order valence-electron chi connectivity index (χ3n) is 4.39. The number of nitriles is 1. The van der Waals surface area contributed by atoms with Crippen LogP contribution in [0.15, 0.2) is 47.4 Å². The Labute approximate surface area is 169 Å². The molecule has 29 heavy (non-hydrogen) atoms. The first-order chi connectivity index (χ1) is 14.0. The molecule has 0 saturated carbocycles. The molecule has 0 aliphatic rings. The number of phenols is 1. The molecule has 1 N–H and O–H groups in total. The minimum Gasteiger partial charge on any atom is -0.502 e. The molecule has 144 valence electrons. The van der Waals surface area contributed by atoms with Gasteiger partial charge in [-0.05, 0) is 35.9 Å². The first-order valence-corrected chi connectivity index (χ1v) is 9.35. The molecule has 0 spiro atoms. The number of nitrogens with zero attached hydrogens (tertiary/aromatic N) is 3. The highest BCUT2D eigenvalue weighted by Crippen LogP contribution is 2.37.